The van der Waals surface area contributed by atoms with Gasteiger partial charge >= 0.3 is 0 Å². The zero-order valence-corrected chi connectivity index (χ0v) is 12.9. The van der Waals surface area contributed by atoms with Gasteiger partial charge in [0.2, 0.25) is 0 Å². The number of amidine groups is 1. The Morgan fingerprint density at radius 2 is 2.41 bits per heavy atom. The highest BCUT2D eigenvalue weighted by atomic mass is 32.2. The number of thioether (sulfide) groups is 1. The van der Waals surface area contributed by atoms with Crippen molar-refractivity contribution < 1.29 is 9.13 Å². The van der Waals surface area contributed by atoms with Crippen LogP contribution in [0.15, 0.2) is 35.6 Å². The molecule has 0 radical (unpaired) electrons. The van der Waals surface area contributed by atoms with Gasteiger partial charge in [-0.3, -0.25) is 10.00 Å². The van der Waals surface area contributed by atoms with Crippen molar-refractivity contribution >= 4 is 22.6 Å². The van der Waals surface area contributed by atoms with E-state index in [4.69, 9.17) is 10.00 Å². The number of ether oxygens (including phenoxy) is 1. The van der Waals surface area contributed by atoms with Crippen molar-refractivity contribution in [2.75, 3.05) is 6.26 Å². The van der Waals surface area contributed by atoms with Gasteiger partial charge in [0.25, 0.3) is 0 Å². The highest BCUT2D eigenvalue weighted by Gasteiger charge is 2.08. The predicted molar refractivity (Wildman–Crippen MR) is 83.3 cm³/mol. The van der Waals surface area contributed by atoms with Crippen LogP contribution in [-0.2, 0) is 13.7 Å². The van der Waals surface area contributed by atoms with E-state index in [2.05, 4.69) is 15.4 Å². The summed E-state index contributed by atoms with van der Waals surface area (Å²) in [4.78, 5) is 4.21. The van der Waals surface area contributed by atoms with Crippen LogP contribution in [0, 0.1) is 17.3 Å². The van der Waals surface area contributed by atoms with Crippen molar-refractivity contribution in [3.8, 4) is 11.9 Å². The lowest BCUT2D eigenvalue weighted by molar-refractivity contribution is 0.307. The minimum absolute atomic E-state index is 0.294. The number of aliphatic imine (C=N–C) groups is 1. The highest BCUT2D eigenvalue weighted by molar-refractivity contribution is 8.13. The lowest BCUT2D eigenvalue weighted by atomic mass is 10.3. The Morgan fingerprint density at radius 1 is 1.59 bits per heavy atom. The Hall–Kier alpha value is -2.53. The van der Waals surface area contributed by atoms with Gasteiger partial charge in [-0.2, -0.15) is 10.4 Å². The maximum Gasteiger partial charge on any atom is 0.183 e. The Balaban J connectivity index is 2.22. The molecule has 2 rings (SSSR count). The van der Waals surface area contributed by atoms with Crippen molar-refractivity contribution in [3.63, 3.8) is 0 Å². The van der Waals surface area contributed by atoms with Gasteiger partial charge in [-0.15, -0.1) is 0 Å². The summed E-state index contributed by atoms with van der Waals surface area (Å²) in [5.74, 6) is 0.00133. The normalized spacial score (nSPS) is 11.1. The molecule has 0 bridgehead atoms. The molecule has 114 valence electrons. The number of halogens is 1. The first kappa shape index (κ1) is 15.9. The molecule has 0 amide bonds. The van der Waals surface area contributed by atoms with E-state index in [0.717, 1.165) is 5.56 Å². The van der Waals surface area contributed by atoms with Crippen LogP contribution in [0.5, 0.6) is 5.75 Å². The van der Waals surface area contributed by atoms with E-state index >= 15 is 0 Å². The molecule has 1 N–H and O–H groups in total. The maximum absolute atomic E-state index is 13.4. The molecule has 2 aromatic rings. The number of benzene rings is 1. The zero-order valence-electron chi connectivity index (χ0n) is 12.1. The monoisotopic (exact) mass is 319 g/mol. The second-order valence-corrected chi connectivity index (χ2v) is 5.08. The third kappa shape index (κ3) is 4.23. The van der Waals surface area contributed by atoms with Crippen LogP contribution in [-0.4, -0.2) is 21.2 Å². The Kier molecular flexibility index (Phi) is 5.38. The van der Waals surface area contributed by atoms with Crippen LogP contribution in [0.1, 0.15) is 5.56 Å². The van der Waals surface area contributed by atoms with Gasteiger partial charge in [0.05, 0.1) is 6.20 Å². The summed E-state index contributed by atoms with van der Waals surface area (Å²) in [5, 5.41) is 15.5. The van der Waals surface area contributed by atoms with Gasteiger partial charge in [-0.05, 0) is 18.4 Å². The lowest BCUT2D eigenvalue weighted by Gasteiger charge is -2.09. The number of aromatic nitrogens is 2. The van der Waals surface area contributed by atoms with Crippen molar-refractivity contribution in [1.29, 1.82) is 5.26 Å². The summed E-state index contributed by atoms with van der Waals surface area (Å²) in [5.41, 5.74) is 1.21. The fourth-order valence-electron chi connectivity index (χ4n) is 1.69. The summed E-state index contributed by atoms with van der Waals surface area (Å²) < 4.78 is 20.8. The Morgan fingerprint density at radius 3 is 3.05 bits per heavy atom. The minimum atomic E-state index is -0.426. The van der Waals surface area contributed by atoms with Gasteiger partial charge in [0, 0.05) is 24.9 Å². The summed E-state index contributed by atoms with van der Waals surface area (Å²) in [6.45, 7) is 0.294. The first-order chi connectivity index (χ1) is 10.6. The average Bonchev–Trinajstić information content (AvgIpc) is 2.91. The number of nitrogens with one attached hydrogen (secondary N) is 1. The van der Waals surface area contributed by atoms with E-state index in [9.17, 15) is 4.39 Å². The van der Waals surface area contributed by atoms with Gasteiger partial charge in [-0.25, -0.2) is 9.38 Å². The summed E-state index contributed by atoms with van der Waals surface area (Å²) >= 11 is 1.25. The zero-order chi connectivity index (χ0) is 15.9. The van der Waals surface area contributed by atoms with Crippen molar-refractivity contribution in [2.24, 2.45) is 12.0 Å². The summed E-state index contributed by atoms with van der Waals surface area (Å²) in [6.07, 6.45) is 7.07. The molecule has 6 nitrogen and oxygen atoms in total. The van der Waals surface area contributed by atoms with E-state index in [1.54, 1.807) is 23.3 Å². The average molecular weight is 319 g/mol. The highest BCUT2D eigenvalue weighted by Crippen LogP contribution is 2.29. The molecule has 0 saturated heterocycles. The maximum atomic E-state index is 13.4. The Labute approximate surface area is 131 Å². The van der Waals surface area contributed by atoms with Gasteiger partial charge in [0.1, 0.15) is 23.9 Å². The van der Waals surface area contributed by atoms with Crippen molar-refractivity contribution in [3.05, 3.63) is 42.0 Å². The summed E-state index contributed by atoms with van der Waals surface area (Å²) in [7, 11) is 1.81. The van der Waals surface area contributed by atoms with Crippen LogP contribution in [0.2, 0.25) is 0 Å². The fraction of sp³-hybridized carbons (Fsp3) is 0.214. The number of hydrogen-bond acceptors (Lipinski definition) is 5. The molecule has 8 heteroatoms. The molecule has 0 saturated carbocycles. The van der Waals surface area contributed by atoms with Crippen LogP contribution in [0.25, 0.3) is 0 Å². The van der Waals surface area contributed by atoms with Crippen molar-refractivity contribution in [1.82, 2.24) is 15.1 Å². The standard InChI is InChI=1S/C14H14FN5OS/c1-20-7-10(6-18-20)8-21-13-4-3-11(15)5-12(13)19-14(22-2)17-9-16/h3-7H,8H2,1-2H3,(H,17,19). The molecule has 22 heavy (non-hydrogen) atoms. The van der Waals surface area contributed by atoms with E-state index < -0.39 is 5.82 Å². The quantitative estimate of drug-likeness (QED) is 0.406. The van der Waals surface area contributed by atoms with Crippen LogP contribution >= 0.6 is 11.8 Å². The number of nitriles is 1. The summed E-state index contributed by atoms with van der Waals surface area (Å²) in [6, 6.07) is 4.07. The molecule has 0 aliphatic rings. The number of hydrogen-bond donors (Lipinski definition) is 1. The molecule has 0 unspecified atom stereocenters. The van der Waals surface area contributed by atoms with E-state index in [1.165, 1.54) is 30.0 Å². The second kappa shape index (κ2) is 7.47. The van der Waals surface area contributed by atoms with E-state index in [0.29, 0.717) is 23.2 Å². The third-order valence-electron chi connectivity index (χ3n) is 2.65. The smallest absolute Gasteiger partial charge is 0.183 e. The largest absolute Gasteiger partial charge is 0.487 e. The molecular weight excluding hydrogens is 305 g/mol. The van der Waals surface area contributed by atoms with Crippen LogP contribution in [0.4, 0.5) is 10.1 Å². The SMILES string of the molecule is CSC(=Nc1cc(F)ccc1OCc1cnn(C)c1)NC#N. The van der Waals surface area contributed by atoms with Gasteiger partial charge < -0.3 is 4.74 Å². The molecule has 1 heterocycles. The van der Waals surface area contributed by atoms with Crippen LogP contribution in [0.3, 0.4) is 0 Å². The lowest BCUT2D eigenvalue weighted by Crippen LogP contribution is -2.12. The molecule has 0 aliphatic carbocycles. The Bertz CT molecular complexity index is 722. The van der Waals surface area contributed by atoms with Gasteiger partial charge in [-0.1, -0.05) is 11.8 Å². The number of rotatable bonds is 4. The molecule has 1 aromatic heterocycles. The number of aryl methyl sites for hydroxylation is 1. The molecular formula is C14H14FN5OS. The molecule has 0 atom stereocenters. The molecule has 0 spiro atoms. The van der Waals surface area contributed by atoms with E-state index in [-0.39, 0.29) is 0 Å². The minimum Gasteiger partial charge on any atom is -0.487 e. The molecule has 1 aromatic carbocycles. The van der Waals surface area contributed by atoms with Crippen molar-refractivity contribution in [2.45, 2.75) is 6.61 Å². The topological polar surface area (TPSA) is 75.2 Å². The van der Waals surface area contributed by atoms with Crippen LogP contribution < -0.4 is 10.1 Å². The molecule has 0 aliphatic heterocycles. The first-order valence-corrected chi connectivity index (χ1v) is 7.52. The predicted octanol–water partition coefficient (Wildman–Crippen LogP) is 2.56. The van der Waals surface area contributed by atoms with E-state index in [1.807, 2.05) is 13.2 Å². The first-order valence-electron chi connectivity index (χ1n) is 6.30. The second-order valence-electron chi connectivity index (χ2n) is 4.28. The molecule has 0 fully saturated rings. The number of nitrogens with zero attached hydrogens (tertiary/aromatic N) is 4. The third-order valence-corrected chi connectivity index (χ3v) is 3.23. The fourth-order valence-corrected chi connectivity index (χ4v) is 2.03. The van der Waals surface area contributed by atoms with Gasteiger partial charge in [0.15, 0.2) is 11.4 Å².